The molecule has 0 aromatic rings. The van der Waals surface area contributed by atoms with E-state index in [1.54, 1.807) is 26.8 Å². The number of carbonyl (C=O) groups is 2. The van der Waals surface area contributed by atoms with E-state index in [9.17, 15) is 14.7 Å². The van der Waals surface area contributed by atoms with Crippen LogP contribution in [0.3, 0.4) is 0 Å². The Morgan fingerprint density at radius 1 is 1.50 bits per heavy atom. The zero-order valence-electron chi connectivity index (χ0n) is 11.2. The Labute approximate surface area is 107 Å². The van der Waals surface area contributed by atoms with Crippen molar-refractivity contribution in [1.82, 2.24) is 4.90 Å². The number of nitrogens with zero attached hydrogens (tertiary/aromatic N) is 1. The number of hydrogen-bond acceptors (Lipinski definition) is 3. The lowest BCUT2D eigenvalue weighted by molar-refractivity contribution is -0.143. The third-order valence-corrected chi connectivity index (χ3v) is 2.87. The highest BCUT2D eigenvalue weighted by molar-refractivity contribution is 5.81. The SMILES string of the molecule is C=CC[C@@H]1CCN(C(=O)OC(C)(C)C)[C@@H]1C(=O)O. The minimum absolute atomic E-state index is 0.0764. The van der Waals surface area contributed by atoms with Gasteiger partial charge in [0.15, 0.2) is 0 Å². The molecule has 1 aliphatic heterocycles. The molecule has 18 heavy (non-hydrogen) atoms. The van der Waals surface area contributed by atoms with Crippen molar-refractivity contribution in [3.63, 3.8) is 0 Å². The molecule has 0 aliphatic carbocycles. The van der Waals surface area contributed by atoms with Gasteiger partial charge in [-0.15, -0.1) is 6.58 Å². The van der Waals surface area contributed by atoms with E-state index in [2.05, 4.69) is 6.58 Å². The number of hydrogen-bond donors (Lipinski definition) is 1. The molecule has 1 heterocycles. The van der Waals surface area contributed by atoms with Crippen molar-refractivity contribution in [2.24, 2.45) is 5.92 Å². The minimum atomic E-state index is -0.981. The smallest absolute Gasteiger partial charge is 0.411 e. The molecular weight excluding hydrogens is 234 g/mol. The number of allylic oxidation sites excluding steroid dienone is 1. The number of carbonyl (C=O) groups excluding carboxylic acids is 1. The molecule has 0 aromatic heterocycles. The Kier molecular flexibility index (Phi) is 4.38. The number of carboxylic acids is 1. The Morgan fingerprint density at radius 2 is 2.11 bits per heavy atom. The Hall–Kier alpha value is -1.52. The molecule has 0 spiro atoms. The summed E-state index contributed by atoms with van der Waals surface area (Å²) in [5, 5.41) is 9.24. The monoisotopic (exact) mass is 255 g/mol. The minimum Gasteiger partial charge on any atom is -0.480 e. The lowest BCUT2D eigenvalue weighted by Gasteiger charge is -2.28. The number of carboxylic acid groups (broad SMARTS) is 1. The fraction of sp³-hybridized carbons (Fsp3) is 0.692. The quantitative estimate of drug-likeness (QED) is 0.786. The molecule has 102 valence electrons. The molecule has 1 rings (SSSR count). The molecule has 0 bridgehead atoms. The summed E-state index contributed by atoms with van der Waals surface area (Å²) in [6, 6.07) is -0.808. The Bertz CT molecular complexity index is 345. The van der Waals surface area contributed by atoms with Crippen molar-refractivity contribution >= 4 is 12.1 Å². The van der Waals surface area contributed by atoms with Gasteiger partial charge in [0.05, 0.1) is 0 Å². The van der Waals surface area contributed by atoms with Gasteiger partial charge in [-0.25, -0.2) is 9.59 Å². The van der Waals surface area contributed by atoms with E-state index in [-0.39, 0.29) is 5.92 Å². The first-order chi connectivity index (χ1) is 8.26. The van der Waals surface area contributed by atoms with Gasteiger partial charge >= 0.3 is 12.1 Å². The highest BCUT2D eigenvalue weighted by Crippen LogP contribution is 2.29. The number of amides is 1. The van der Waals surface area contributed by atoms with Gasteiger partial charge in [0, 0.05) is 6.54 Å². The topological polar surface area (TPSA) is 66.8 Å². The summed E-state index contributed by atoms with van der Waals surface area (Å²) in [5.41, 5.74) is -0.614. The van der Waals surface area contributed by atoms with Gasteiger partial charge in [0.1, 0.15) is 11.6 Å². The third-order valence-electron chi connectivity index (χ3n) is 2.87. The normalized spacial score (nSPS) is 23.8. The summed E-state index contributed by atoms with van der Waals surface area (Å²) in [6.07, 6.45) is 2.40. The van der Waals surface area contributed by atoms with Crippen molar-refractivity contribution in [3.05, 3.63) is 12.7 Å². The van der Waals surface area contributed by atoms with Crippen LogP contribution in [0, 0.1) is 5.92 Å². The molecule has 0 unspecified atom stereocenters. The highest BCUT2D eigenvalue weighted by Gasteiger charge is 2.42. The highest BCUT2D eigenvalue weighted by atomic mass is 16.6. The molecule has 0 aromatic carbocycles. The molecule has 1 aliphatic rings. The molecule has 2 atom stereocenters. The van der Waals surface area contributed by atoms with Crippen LogP contribution < -0.4 is 0 Å². The molecule has 5 nitrogen and oxygen atoms in total. The summed E-state index contributed by atoms with van der Waals surface area (Å²) in [7, 11) is 0. The van der Waals surface area contributed by atoms with Crippen LogP contribution in [0.1, 0.15) is 33.6 Å². The van der Waals surface area contributed by atoms with E-state index in [0.29, 0.717) is 19.4 Å². The zero-order valence-corrected chi connectivity index (χ0v) is 11.2. The van der Waals surface area contributed by atoms with Gasteiger partial charge in [-0.3, -0.25) is 4.90 Å². The van der Waals surface area contributed by atoms with Crippen molar-refractivity contribution in [2.75, 3.05) is 6.54 Å². The predicted octanol–water partition coefficient (Wildman–Crippen LogP) is 2.27. The van der Waals surface area contributed by atoms with Crippen LogP contribution in [-0.4, -0.2) is 40.3 Å². The third kappa shape index (κ3) is 3.48. The standard InChI is InChI=1S/C13H21NO4/c1-5-6-9-7-8-14(10(9)11(15)16)12(17)18-13(2,3)4/h5,9-10H,1,6-8H2,2-4H3,(H,15,16)/t9-,10+/m1/s1. The average Bonchev–Trinajstić information content (AvgIpc) is 2.59. The summed E-state index contributed by atoms with van der Waals surface area (Å²) in [4.78, 5) is 24.5. The number of rotatable bonds is 3. The zero-order chi connectivity index (χ0) is 13.9. The summed E-state index contributed by atoms with van der Waals surface area (Å²) in [5.74, 6) is -1.06. The largest absolute Gasteiger partial charge is 0.480 e. The van der Waals surface area contributed by atoms with Crippen molar-refractivity contribution in [1.29, 1.82) is 0 Å². The van der Waals surface area contributed by atoms with E-state index < -0.39 is 23.7 Å². The molecule has 5 heteroatoms. The number of ether oxygens (including phenoxy) is 1. The Balaban J connectivity index is 2.79. The van der Waals surface area contributed by atoms with Gasteiger partial charge in [-0.2, -0.15) is 0 Å². The maximum Gasteiger partial charge on any atom is 0.411 e. The van der Waals surface area contributed by atoms with Gasteiger partial charge in [-0.1, -0.05) is 6.08 Å². The second kappa shape index (κ2) is 5.42. The summed E-state index contributed by atoms with van der Waals surface area (Å²) >= 11 is 0. The number of likely N-dealkylation sites (tertiary alicyclic amines) is 1. The fourth-order valence-corrected chi connectivity index (χ4v) is 2.18. The molecule has 1 saturated heterocycles. The van der Waals surface area contributed by atoms with Crippen molar-refractivity contribution < 1.29 is 19.4 Å². The Morgan fingerprint density at radius 3 is 2.56 bits per heavy atom. The molecule has 0 radical (unpaired) electrons. The molecule has 1 N–H and O–H groups in total. The predicted molar refractivity (Wildman–Crippen MR) is 67.3 cm³/mol. The maximum atomic E-state index is 11.9. The summed E-state index contributed by atoms with van der Waals surface area (Å²) < 4.78 is 5.23. The first kappa shape index (κ1) is 14.5. The van der Waals surface area contributed by atoms with Crippen molar-refractivity contribution in [2.45, 2.75) is 45.3 Å². The van der Waals surface area contributed by atoms with Gasteiger partial charge in [0.2, 0.25) is 0 Å². The maximum absolute atomic E-state index is 11.9. The average molecular weight is 255 g/mol. The van der Waals surface area contributed by atoms with Crippen LogP contribution in [-0.2, 0) is 9.53 Å². The molecule has 0 saturated carbocycles. The fourth-order valence-electron chi connectivity index (χ4n) is 2.18. The van der Waals surface area contributed by atoms with E-state index in [1.807, 2.05) is 0 Å². The first-order valence-electron chi connectivity index (χ1n) is 6.09. The van der Waals surface area contributed by atoms with E-state index in [0.717, 1.165) is 0 Å². The lowest BCUT2D eigenvalue weighted by Crippen LogP contribution is -2.45. The van der Waals surface area contributed by atoms with Crippen LogP contribution in [0.15, 0.2) is 12.7 Å². The van der Waals surface area contributed by atoms with Crippen LogP contribution in [0.2, 0.25) is 0 Å². The van der Waals surface area contributed by atoms with E-state index in [4.69, 9.17) is 4.74 Å². The van der Waals surface area contributed by atoms with Crippen LogP contribution in [0.4, 0.5) is 4.79 Å². The van der Waals surface area contributed by atoms with Crippen LogP contribution >= 0.6 is 0 Å². The van der Waals surface area contributed by atoms with Gasteiger partial charge in [0.25, 0.3) is 0 Å². The second-order valence-corrected chi connectivity index (χ2v) is 5.53. The lowest BCUT2D eigenvalue weighted by atomic mass is 9.97. The first-order valence-corrected chi connectivity index (χ1v) is 6.09. The molecule has 1 fully saturated rings. The van der Waals surface area contributed by atoms with Crippen LogP contribution in [0.5, 0.6) is 0 Å². The van der Waals surface area contributed by atoms with E-state index >= 15 is 0 Å². The van der Waals surface area contributed by atoms with Gasteiger partial charge < -0.3 is 9.84 Å². The molecule has 1 amide bonds. The van der Waals surface area contributed by atoms with Crippen molar-refractivity contribution in [3.8, 4) is 0 Å². The second-order valence-electron chi connectivity index (χ2n) is 5.53. The molecular formula is C13H21NO4. The van der Waals surface area contributed by atoms with Gasteiger partial charge in [-0.05, 0) is 39.5 Å². The van der Waals surface area contributed by atoms with E-state index in [1.165, 1.54) is 4.90 Å². The number of aliphatic carboxylic acids is 1. The van der Waals surface area contributed by atoms with Crippen LogP contribution in [0.25, 0.3) is 0 Å². The summed E-state index contributed by atoms with van der Waals surface area (Å²) in [6.45, 7) is 9.33.